The number of methoxy groups -OCH3 is 1. The van der Waals surface area contributed by atoms with E-state index in [9.17, 15) is 9.59 Å². The number of esters is 1. The highest BCUT2D eigenvalue weighted by atomic mass is 32.1. The maximum absolute atomic E-state index is 12.6. The van der Waals surface area contributed by atoms with Crippen LogP contribution in [0.1, 0.15) is 40.5 Å². The lowest BCUT2D eigenvalue weighted by Gasteiger charge is -2.11. The number of benzene rings is 1. The van der Waals surface area contributed by atoms with Crippen LogP contribution in [-0.2, 0) is 4.74 Å². The second kappa shape index (κ2) is 8.91. The second-order valence-electron chi connectivity index (χ2n) is 6.05. The normalized spacial score (nSPS) is 11.2. The SMILES string of the molecule is CCOC(=O)c1sc2nc(/C=C/c3cccc(OCC)c3OC)[nH]c(=O)c2c1C. The summed E-state index contributed by atoms with van der Waals surface area (Å²) in [7, 11) is 1.58. The number of carbonyl (C=O) groups excluding carboxylic acids is 1. The van der Waals surface area contributed by atoms with Gasteiger partial charge in [0.2, 0.25) is 0 Å². The monoisotopic (exact) mass is 414 g/mol. The van der Waals surface area contributed by atoms with Crippen LogP contribution in [0.15, 0.2) is 23.0 Å². The van der Waals surface area contributed by atoms with Crippen molar-refractivity contribution in [2.45, 2.75) is 20.8 Å². The van der Waals surface area contributed by atoms with Crippen LogP contribution in [0, 0.1) is 6.92 Å². The van der Waals surface area contributed by atoms with Crippen LogP contribution in [0.5, 0.6) is 11.5 Å². The van der Waals surface area contributed by atoms with Gasteiger partial charge in [0, 0.05) is 5.56 Å². The van der Waals surface area contributed by atoms with Gasteiger partial charge in [-0.2, -0.15) is 0 Å². The maximum Gasteiger partial charge on any atom is 0.348 e. The molecule has 0 amide bonds. The molecule has 29 heavy (non-hydrogen) atoms. The Labute approximate surface area is 172 Å². The van der Waals surface area contributed by atoms with Gasteiger partial charge in [-0.3, -0.25) is 4.79 Å². The van der Waals surface area contributed by atoms with Gasteiger partial charge in [-0.1, -0.05) is 12.1 Å². The molecule has 152 valence electrons. The zero-order chi connectivity index (χ0) is 21.0. The van der Waals surface area contributed by atoms with E-state index in [0.29, 0.717) is 44.6 Å². The lowest BCUT2D eigenvalue weighted by molar-refractivity contribution is 0.0531. The van der Waals surface area contributed by atoms with E-state index < -0.39 is 5.97 Å². The van der Waals surface area contributed by atoms with E-state index in [2.05, 4.69) is 9.97 Å². The van der Waals surface area contributed by atoms with Gasteiger partial charge in [-0.25, -0.2) is 9.78 Å². The molecule has 0 aliphatic carbocycles. The molecule has 1 aromatic carbocycles. The predicted octanol–water partition coefficient (Wildman–Crippen LogP) is 4.05. The third-order valence-electron chi connectivity index (χ3n) is 4.21. The Kier molecular flexibility index (Phi) is 6.33. The van der Waals surface area contributed by atoms with E-state index in [-0.39, 0.29) is 12.2 Å². The van der Waals surface area contributed by atoms with Crippen LogP contribution in [-0.4, -0.2) is 36.3 Å². The molecule has 3 rings (SSSR count). The molecule has 0 bridgehead atoms. The first-order valence-corrected chi connectivity index (χ1v) is 10.00. The maximum atomic E-state index is 12.6. The van der Waals surface area contributed by atoms with Gasteiger partial charge in [-0.05, 0) is 44.6 Å². The summed E-state index contributed by atoms with van der Waals surface area (Å²) in [6.07, 6.45) is 3.48. The summed E-state index contributed by atoms with van der Waals surface area (Å²) >= 11 is 1.15. The number of aromatic amines is 1. The molecular formula is C21H22N2O5S. The minimum atomic E-state index is -0.443. The molecule has 2 aromatic heterocycles. The smallest absolute Gasteiger partial charge is 0.348 e. The molecule has 7 nitrogen and oxygen atoms in total. The van der Waals surface area contributed by atoms with Gasteiger partial charge in [0.1, 0.15) is 15.5 Å². The molecule has 0 spiro atoms. The van der Waals surface area contributed by atoms with Crippen LogP contribution in [0.25, 0.3) is 22.4 Å². The number of aryl methyl sites for hydroxylation is 1. The molecule has 0 aliphatic heterocycles. The van der Waals surface area contributed by atoms with Crippen LogP contribution in [0.3, 0.4) is 0 Å². The topological polar surface area (TPSA) is 90.5 Å². The number of nitrogens with zero attached hydrogens (tertiary/aromatic N) is 1. The van der Waals surface area contributed by atoms with Crippen molar-refractivity contribution in [1.82, 2.24) is 9.97 Å². The van der Waals surface area contributed by atoms with Crippen molar-refractivity contribution >= 4 is 39.7 Å². The lowest BCUT2D eigenvalue weighted by Crippen LogP contribution is -2.10. The van der Waals surface area contributed by atoms with Gasteiger partial charge < -0.3 is 19.2 Å². The third-order valence-corrected chi connectivity index (χ3v) is 5.38. The zero-order valence-electron chi connectivity index (χ0n) is 16.7. The Morgan fingerprint density at radius 3 is 2.72 bits per heavy atom. The fourth-order valence-electron chi connectivity index (χ4n) is 2.95. The second-order valence-corrected chi connectivity index (χ2v) is 7.05. The number of H-pyrrole nitrogens is 1. The molecule has 0 saturated carbocycles. The molecular weight excluding hydrogens is 392 g/mol. The minimum Gasteiger partial charge on any atom is -0.492 e. The number of nitrogens with one attached hydrogen (secondary N) is 1. The highest BCUT2D eigenvalue weighted by molar-refractivity contribution is 7.20. The highest BCUT2D eigenvalue weighted by Crippen LogP contribution is 2.32. The van der Waals surface area contributed by atoms with Crippen LogP contribution in [0.2, 0.25) is 0 Å². The molecule has 0 saturated heterocycles. The van der Waals surface area contributed by atoms with E-state index in [1.165, 1.54) is 0 Å². The lowest BCUT2D eigenvalue weighted by atomic mass is 10.1. The Morgan fingerprint density at radius 1 is 1.24 bits per heavy atom. The first-order valence-electron chi connectivity index (χ1n) is 9.18. The van der Waals surface area contributed by atoms with Gasteiger partial charge >= 0.3 is 5.97 Å². The number of fused-ring (bicyclic) bond motifs is 1. The Morgan fingerprint density at radius 2 is 2.03 bits per heavy atom. The molecule has 3 aromatic rings. The van der Waals surface area contributed by atoms with Crippen molar-refractivity contribution in [3.05, 3.63) is 50.4 Å². The molecule has 0 aliphatic rings. The predicted molar refractivity (Wildman–Crippen MR) is 114 cm³/mol. The molecule has 0 unspecified atom stereocenters. The molecule has 0 fully saturated rings. The first-order chi connectivity index (χ1) is 14.0. The summed E-state index contributed by atoms with van der Waals surface area (Å²) in [6.45, 7) is 6.16. The fraction of sp³-hybridized carbons (Fsp3) is 0.286. The average Bonchev–Trinajstić information content (AvgIpc) is 3.04. The summed E-state index contributed by atoms with van der Waals surface area (Å²) in [6, 6.07) is 5.57. The summed E-state index contributed by atoms with van der Waals surface area (Å²) in [5.41, 5.74) is 1.07. The van der Waals surface area contributed by atoms with Crippen molar-refractivity contribution < 1.29 is 19.0 Å². The summed E-state index contributed by atoms with van der Waals surface area (Å²) < 4.78 is 16.1. The fourth-order valence-corrected chi connectivity index (χ4v) is 4.03. The number of thiophene rings is 1. The van der Waals surface area contributed by atoms with Crippen molar-refractivity contribution in [2.75, 3.05) is 20.3 Å². The number of aromatic nitrogens is 2. The Bertz CT molecular complexity index is 1130. The molecule has 8 heteroatoms. The van der Waals surface area contributed by atoms with E-state index in [4.69, 9.17) is 14.2 Å². The third kappa shape index (κ3) is 4.17. The number of hydrogen-bond acceptors (Lipinski definition) is 7. The standard InChI is InChI=1S/C21H22N2O5S/c1-5-27-14-9-7-8-13(17(14)26-4)10-11-15-22-19(24)16-12(3)18(21(25)28-6-2)29-20(16)23-15/h7-11H,5-6H2,1-4H3,(H,22,23,24)/b11-10+. The number of ether oxygens (including phenoxy) is 3. The van der Waals surface area contributed by atoms with Crippen LogP contribution in [0.4, 0.5) is 0 Å². The zero-order valence-corrected chi connectivity index (χ0v) is 17.5. The van der Waals surface area contributed by atoms with Crippen molar-refractivity contribution in [2.24, 2.45) is 0 Å². The van der Waals surface area contributed by atoms with Gasteiger partial charge in [0.25, 0.3) is 5.56 Å². The van der Waals surface area contributed by atoms with E-state index in [0.717, 1.165) is 16.9 Å². The summed E-state index contributed by atoms with van der Waals surface area (Å²) in [5.74, 6) is 1.18. The van der Waals surface area contributed by atoms with Gasteiger partial charge in [0.05, 0.1) is 25.7 Å². The van der Waals surface area contributed by atoms with Gasteiger partial charge in [-0.15, -0.1) is 11.3 Å². The van der Waals surface area contributed by atoms with Crippen molar-refractivity contribution in [1.29, 1.82) is 0 Å². The van der Waals surface area contributed by atoms with Crippen molar-refractivity contribution in [3.63, 3.8) is 0 Å². The number of rotatable bonds is 7. The Balaban J connectivity index is 2.01. The summed E-state index contributed by atoms with van der Waals surface area (Å²) in [5, 5.41) is 0.408. The van der Waals surface area contributed by atoms with Crippen LogP contribution < -0.4 is 15.0 Å². The molecule has 1 N–H and O–H groups in total. The number of carbonyl (C=O) groups is 1. The number of hydrogen-bond donors (Lipinski definition) is 1. The van der Waals surface area contributed by atoms with Crippen LogP contribution >= 0.6 is 11.3 Å². The molecule has 0 radical (unpaired) electrons. The largest absolute Gasteiger partial charge is 0.492 e. The van der Waals surface area contributed by atoms with Gasteiger partial charge in [0.15, 0.2) is 11.5 Å². The minimum absolute atomic E-state index is 0.271. The van der Waals surface area contributed by atoms with E-state index >= 15 is 0 Å². The highest BCUT2D eigenvalue weighted by Gasteiger charge is 2.19. The quantitative estimate of drug-likeness (QED) is 0.587. The molecule has 0 atom stereocenters. The summed E-state index contributed by atoms with van der Waals surface area (Å²) in [4.78, 5) is 32.8. The van der Waals surface area contributed by atoms with E-state index in [1.807, 2.05) is 25.1 Å². The number of para-hydroxylation sites is 1. The first kappa shape index (κ1) is 20.6. The average molecular weight is 414 g/mol. The van der Waals surface area contributed by atoms with E-state index in [1.54, 1.807) is 33.1 Å². The Hall–Kier alpha value is -3.13. The van der Waals surface area contributed by atoms with Crippen molar-refractivity contribution in [3.8, 4) is 11.5 Å². The molecule has 2 heterocycles.